The third-order valence-electron chi connectivity index (χ3n) is 6.31. The third-order valence-corrected chi connectivity index (χ3v) is 7.56. The fourth-order valence-corrected chi connectivity index (χ4v) is 4.95. The zero-order chi connectivity index (χ0) is 33.3. The van der Waals surface area contributed by atoms with Gasteiger partial charge in [0.2, 0.25) is 5.91 Å². The lowest BCUT2D eigenvalue weighted by Crippen LogP contribution is -2.30. The van der Waals surface area contributed by atoms with Crippen LogP contribution in [-0.4, -0.2) is 37.7 Å². The van der Waals surface area contributed by atoms with Crippen molar-refractivity contribution in [1.29, 1.82) is 0 Å². The number of nitrogens with one attached hydrogen (secondary N) is 3. The minimum atomic E-state index is -4.69. The van der Waals surface area contributed by atoms with Crippen LogP contribution in [0.1, 0.15) is 21.5 Å². The summed E-state index contributed by atoms with van der Waals surface area (Å²) in [5.74, 6) is -1.00. The summed E-state index contributed by atoms with van der Waals surface area (Å²) in [4.78, 5) is 39.4. The Morgan fingerprint density at radius 1 is 0.870 bits per heavy atom. The Kier molecular flexibility index (Phi) is 11.3. The second kappa shape index (κ2) is 15.4. The molecule has 0 heterocycles. The fourth-order valence-electron chi connectivity index (χ4n) is 4.08. The maximum Gasteiger partial charge on any atom is 0.418 e. The van der Waals surface area contributed by atoms with Gasteiger partial charge in [0.25, 0.3) is 11.8 Å². The molecule has 0 fully saturated rings. The summed E-state index contributed by atoms with van der Waals surface area (Å²) < 4.78 is 50.7. The maximum atomic E-state index is 13.4. The number of ether oxygens (including phenoxy) is 2. The minimum absolute atomic E-state index is 0.0732. The summed E-state index contributed by atoms with van der Waals surface area (Å²) in [6, 6.07) is 22.9. The zero-order valence-electron chi connectivity index (χ0n) is 24.4. The van der Waals surface area contributed by atoms with Crippen molar-refractivity contribution >= 4 is 58.5 Å². The summed E-state index contributed by atoms with van der Waals surface area (Å²) >= 11 is 6.78. The number of anilines is 2. The van der Waals surface area contributed by atoms with Crippen LogP contribution in [0.4, 0.5) is 24.5 Å². The van der Waals surface area contributed by atoms with E-state index in [1.807, 2.05) is 0 Å². The van der Waals surface area contributed by atoms with E-state index in [-0.39, 0.29) is 16.5 Å². The van der Waals surface area contributed by atoms with Crippen LogP contribution >= 0.6 is 23.4 Å². The first-order valence-electron chi connectivity index (χ1n) is 13.5. The van der Waals surface area contributed by atoms with Crippen LogP contribution in [0.5, 0.6) is 11.5 Å². The topological polar surface area (TPSA) is 106 Å². The van der Waals surface area contributed by atoms with Crippen LogP contribution < -0.4 is 25.4 Å². The molecule has 0 radical (unpaired) electrons. The normalized spacial score (nSPS) is 11.4. The monoisotopic (exact) mass is 669 g/mol. The van der Waals surface area contributed by atoms with Crippen molar-refractivity contribution < 1.29 is 37.0 Å². The Morgan fingerprint density at radius 2 is 1.59 bits per heavy atom. The van der Waals surface area contributed by atoms with Crippen molar-refractivity contribution in [2.24, 2.45) is 0 Å². The fraction of sp³-hybridized carbons (Fsp3) is 0.121. The van der Waals surface area contributed by atoms with E-state index in [0.29, 0.717) is 33.2 Å². The molecule has 0 aliphatic heterocycles. The van der Waals surface area contributed by atoms with Crippen LogP contribution in [0.25, 0.3) is 6.08 Å². The van der Waals surface area contributed by atoms with Crippen LogP contribution in [0.3, 0.4) is 0 Å². The molecule has 8 nitrogen and oxygen atoms in total. The first kappa shape index (κ1) is 33.9. The van der Waals surface area contributed by atoms with Crippen molar-refractivity contribution in [3.05, 3.63) is 118 Å². The Morgan fingerprint density at radius 3 is 2.24 bits per heavy atom. The molecular weight excluding hydrogens is 643 g/mol. The number of carbonyl (C=O) groups is 3. The summed E-state index contributed by atoms with van der Waals surface area (Å²) in [5, 5.41) is 7.56. The first-order chi connectivity index (χ1) is 22.0. The highest BCUT2D eigenvalue weighted by atomic mass is 35.5. The minimum Gasteiger partial charge on any atom is -0.497 e. The van der Waals surface area contributed by atoms with Crippen molar-refractivity contribution in [3.8, 4) is 11.5 Å². The smallest absolute Gasteiger partial charge is 0.418 e. The number of amides is 3. The molecule has 13 heteroatoms. The molecular formula is C33H27ClF3N3O5S. The number of carbonyl (C=O) groups excluding carboxylic acids is 3. The Labute approximate surface area is 271 Å². The first-order valence-corrected chi connectivity index (χ1v) is 14.8. The molecule has 0 spiro atoms. The SMILES string of the molecule is COc1ccc(OC)c(/C=C(\NC(=O)c2ccccc2)C(=O)Nc2ccc(SCC(=O)Nc3ccc(Cl)cc3C(F)(F)F)cc2)c1. The third kappa shape index (κ3) is 9.29. The second-order valence-electron chi connectivity index (χ2n) is 9.49. The molecule has 0 unspecified atom stereocenters. The predicted octanol–water partition coefficient (Wildman–Crippen LogP) is 7.52. The van der Waals surface area contributed by atoms with Crippen LogP contribution in [0.2, 0.25) is 5.02 Å². The van der Waals surface area contributed by atoms with Gasteiger partial charge in [-0.25, -0.2) is 0 Å². The molecule has 0 atom stereocenters. The quantitative estimate of drug-likeness (QED) is 0.113. The van der Waals surface area contributed by atoms with Gasteiger partial charge in [-0.3, -0.25) is 14.4 Å². The number of thioether (sulfide) groups is 1. The van der Waals surface area contributed by atoms with Gasteiger partial charge in [-0.15, -0.1) is 11.8 Å². The number of halogens is 4. The molecule has 0 aromatic heterocycles. The van der Waals surface area contributed by atoms with E-state index in [9.17, 15) is 27.6 Å². The lowest BCUT2D eigenvalue weighted by atomic mass is 10.1. The van der Waals surface area contributed by atoms with Gasteiger partial charge in [0.1, 0.15) is 17.2 Å². The lowest BCUT2D eigenvalue weighted by Gasteiger charge is -2.14. The predicted molar refractivity (Wildman–Crippen MR) is 172 cm³/mol. The van der Waals surface area contributed by atoms with Crippen molar-refractivity contribution in [2.45, 2.75) is 11.1 Å². The summed E-state index contributed by atoms with van der Waals surface area (Å²) in [5.41, 5.74) is -0.309. The molecule has 4 aromatic carbocycles. The van der Waals surface area contributed by atoms with Gasteiger partial charge in [-0.2, -0.15) is 13.2 Å². The number of benzene rings is 4. The number of methoxy groups -OCH3 is 2. The lowest BCUT2D eigenvalue weighted by molar-refractivity contribution is -0.137. The molecule has 3 N–H and O–H groups in total. The van der Waals surface area contributed by atoms with Gasteiger partial charge in [-0.1, -0.05) is 29.8 Å². The van der Waals surface area contributed by atoms with Gasteiger partial charge >= 0.3 is 6.18 Å². The summed E-state index contributed by atoms with van der Waals surface area (Å²) in [6.45, 7) is 0. The van der Waals surface area contributed by atoms with Crippen LogP contribution in [-0.2, 0) is 15.8 Å². The maximum absolute atomic E-state index is 13.4. The molecule has 0 saturated carbocycles. The average molecular weight is 670 g/mol. The van der Waals surface area contributed by atoms with Crippen LogP contribution in [0, 0.1) is 0 Å². The average Bonchev–Trinajstić information content (AvgIpc) is 3.04. The molecule has 238 valence electrons. The molecule has 0 aliphatic carbocycles. The van der Waals surface area contributed by atoms with Crippen molar-refractivity contribution in [2.75, 3.05) is 30.6 Å². The van der Waals surface area contributed by atoms with Crippen LogP contribution in [0.15, 0.2) is 102 Å². The van der Waals surface area contributed by atoms with E-state index in [2.05, 4.69) is 16.0 Å². The zero-order valence-corrected chi connectivity index (χ0v) is 26.0. The Hall–Kier alpha value is -4.94. The van der Waals surface area contributed by atoms with Gasteiger partial charge in [0.05, 0.1) is 31.2 Å². The second-order valence-corrected chi connectivity index (χ2v) is 11.0. The Bertz CT molecular complexity index is 1750. The number of hydrogen-bond acceptors (Lipinski definition) is 6. The van der Waals surface area contributed by atoms with Crippen molar-refractivity contribution in [1.82, 2.24) is 5.32 Å². The van der Waals surface area contributed by atoms with Gasteiger partial charge in [-0.05, 0) is 78.9 Å². The van der Waals surface area contributed by atoms with E-state index < -0.39 is 35.1 Å². The van der Waals surface area contributed by atoms with E-state index >= 15 is 0 Å². The molecule has 4 rings (SSSR count). The number of alkyl halides is 3. The molecule has 0 bridgehead atoms. The largest absolute Gasteiger partial charge is 0.497 e. The molecule has 4 aromatic rings. The molecule has 0 aliphatic rings. The number of hydrogen-bond donors (Lipinski definition) is 3. The highest BCUT2D eigenvalue weighted by Crippen LogP contribution is 2.36. The van der Waals surface area contributed by atoms with E-state index in [4.69, 9.17) is 21.1 Å². The number of rotatable bonds is 11. The van der Waals surface area contributed by atoms with E-state index in [1.54, 1.807) is 72.8 Å². The molecule has 46 heavy (non-hydrogen) atoms. The summed E-state index contributed by atoms with van der Waals surface area (Å²) in [7, 11) is 2.97. The van der Waals surface area contributed by atoms with Crippen molar-refractivity contribution in [3.63, 3.8) is 0 Å². The molecule has 3 amide bonds. The summed E-state index contributed by atoms with van der Waals surface area (Å²) in [6.07, 6.45) is -3.23. The molecule has 0 saturated heterocycles. The highest BCUT2D eigenvalue weighted by Gasteiger charge is 2.34. The van der Waals surface area contributed by atoms with Gasteiger partial charge in [0, 0.05) is 26.7 Å². The van der Waals surface area contributed by atoms with Gasteiger partial charge < -0.3 is 25.4 Å². The standard InChI is InChI=1S/C33H27ClF3N3O5S/c1-44-24-11-15-29(45-2)21(16-24)17-28(40-31(42)20-6-4-3-5-7-20)32(43)38-23-9-12-25(13-10-23)46-19-30(41)39-27-14-8-22(34)18-26(27)33(35,36)37/h3-18H,19H2,1-2H3,(H,38,43)(H,39,41)(H,40,42)/b28-17-. The van der Waals surface area contributed by atoms with E-state index in [0.717, 1.165) is 23.9 Å². The van der Waals surface area contributed by atoms with E-state index in [1.165, 1.54) is 26.4 Å². The van der Waals surface area contributed by atoms with Gasteiger partial charge in [0.15, 0.2) is 0 Å². The highest BCUT2D eigenvalue weighted by molar-refractivity contribution is 8.00. The Balaban J connectivity index is 1.46.